The van der Waals surface area contributed by atoms with E-state index in [9.17, 15) is 9.90 Å². The summed E-state index contributed by atoms with van der Waals surface area (Å²) in [7, 11) is 0. The third kappa shape index (κ3) is 2.39. The zero-order valence-electron chi connectivity index (χ0n) is 14.2. The molecule has 24 heavy (non-hydrogen) atoms. The second-order valence-electron chi connectivity index (χ2n) is 7.29. The quantitative estimate of drug-likeness (QED) is 0.813. The molecule has 1 aliphatic carbocycles. The first-order valence-electron chi connectivity index (χ1n) is 8.75. The first-order valence-corrected chi connectivity index (χ1v) is 8.75. The Balaban J connectivity index is 1.77. The van der Waals surface area contributed by atoms with Crippen molar-refractivity contribution in [3.8, 4) is 0 Å². The molecule has 3 atom stereocenters. The normalized spacial score (nSPS) is 24.8. The number of carbonyl (C=O) groups is 1. The molecule has 0 radical (unpaired) electrons. The van der Waals surface area contributed by atoms with Crippen LogP contribution >= 0.6 is 0 Å². The van der Waals surface area contributed by atoms with E-state index >= 15 is 0 Å². The van der Waals surface area contributed by atoms with E-state index in [4.69, 9.17) is 0 Å². The number of aryl methyl sites for hydroxylation is 2. The average molecular weight is 321 g/mol. The highest BCUT2D eigenvalue weighted by molar-refractivity contribution is 5.88. The first-order chi connectivity index (χ1) is 11.5. The van der Waals surface area contributed by atoms with Crippen molar-refractivity contribution in [3.63, 3.8) is 0 Å². The summed E-state index contributed by atoms with van der Waals surface area (Å²) in [5, 5.41) is 13.0. The van der Waals surface area contributed by atoms with Gasteiger partial charge in [0.05, 0.1) is 11.6 Å². The van der Waals surface area contributed by atoms with Gasteiger partial charge in [-0.15, -0.1) is 0 Å². The molecule has 2 aromatic rings. The molecular formula is C21H23NO2. The number of anilines is 1. The van der Waals surface area contributed by atoms with Gasteiger partial charge in [-0.25, -0.2) is 4.79 Å². The predicted molar refractivity (Wildman–Crippen MR) is 95.8 cm³/mol. The average Bonchev–Trinajstić information content (AvgIpc) is 3.04. The molecule has 0 bridgehead atoms. The number of carboxylic acid groups (broad SMARTS) is 1. The molecule has 1 aliphatic heterocycles. The number of nitrogens with one attached hydrogen (secondary N) is 1. The van der Waals surface area contributed by atoms with Crippen LogP contribution in [-0.2, 0) is 0 Å². The van der Waals surface area contributed by atoms with Crippen LogP contribution in [0, 0.1) is 19.8 Å². The SMILES string of the molecule is Cc1ccc2c(c1)[C@@H]1CCC[C@@H]1[C@@H](c1ccc(C(=O)O)cc1C)N2. The molecule has 4 rings (SSSR count). The number of benzene rings is 2. The maximum absolute atomic E-state index is 11.2. The Bertz CT molecular complexity index is 811. The van der Waals surface area contributed by atoms with Crippen LogP contribution in [0.4, 0.5) is 5.69 Å². The zero-order valence-corrected chi connectivity index (χ0v) is 14.2. The monoisotopic (exact) mass is 321 g/mol. The molecule has 3 heteroatoms. The molecule has 1 saturated carbocycles. The van der Waals surface area contributed by atoms with Gasteiger partial charge in [0.1, 0.15) is 0 Å². The van der Waals surface area contributed by atoms with Gasteiger partial charge in [-0.1, -0.05) is 30.2 Å². The lowest BCUT2D eigenvalue weighted by atomic mass is 9.76. The van der Waals surface area contributed by atoms with E-state index in [-0.39, 0.29) is 6.04 Å². The molecule has 0 aromatic heterocycles. The number of aromatic carboxylic acids is 1. The van der Waals surface area contributed by atoms with E-state index in [0.717, 1.165) is 5.56 Å². The maximum atomic E-state index is 11.2. The van der Waals surface area contributed by atoms with Crippen LogP contribution < -0.4 is 5.32 Å². The fraction of sp³-hybridized carbons (Fsp3) is 0.381. The molecule has 0 saturated heterocycles. The summed E-state index contributed by atoms with van der Waals surface area (Å²) in [5.74, 6) is 0.346. The minimum absolute atomic E-state index is 0.274. The molecule has 2 N–H and O–H groups in total. The van der Waals surface area contributed by atoms with E-state index in [1.54, 1.807) is 12.1 Å². The molecule has 2 aliphatic rings. The Labute approximate surface area is 142 Å². The van der Waals surface area contributed by atoms with Crippen LogP contribution in [0.1, 0.15) is 63.8 Å². The standard InChI is InChI=1S/C21H23NO2/c1-12-6-9-19-18(10-12)16-4-3-5-17(16)20(22-19)15-8-7-14(21(23)24)11-13(15)2/h6-11,16-17,20,22H,3-5H2,1-2H3,(H,23,24)/t16-,17+,20-/m1/s1. The zero-order chi connectivity index (χ0) is 16.8. The van der Waals surface area contributed by atoms with Gasteiger partial charge in [0, 0.05) is 5.69 Å². The molecule has 0 amide bonds. The van der Waals surface area contributed by atoms with Gasteiger partial charge in [0.25, 0.3) is 0 Å². The molecule has 0 spiro atoms. The van der Waals surface area contributed by atoms with Crippen molar-refractivity contribution in [2.75, 3.05) is 5.32 Å². The van der Waals surface area contributed by atoms with Crippen molar-refractivity contribution in [3.05, 3.63) is 64.2 Å². The van der Waals surface area contributed by atoms with Gasteiger partial charge < -0.3 is 10.4 Å². The third-order valence-electron chi connectivity index (χ3n) is 5.77. The predicted octanol–water partition coefficient (Wildman–Crippen LogP) is 5.05. The van der Waals surface area contributed by atoms with E-state index in [0.29, 0.717) is 17.4 Å². The summed E-state index contributed by atoms with van der Waals surface area (Å²) in [5.41, 5.74) is 6.70. The van der Waals surface area contributed by atoms with Gasteiger partial charge in [0.2, 0.25) is 0 Å². The van der Waals surface area contributed by atoms with Crippen molar-refractivity contribution < 1.29 is 9.90 Å². The number of hydrogen-bond donors (Lipinski definition) is 2. The highest BCUT2D eigenvalue weighted by Gasteiger charge is 2.40. The minimum atomic E-state index is -0.860. The molecule has 124 valence electrons. The van der Waals surface area contributed by atoms with Crippen molar-refractivity contribution >= 4 is 11.7 Å². The summed E-state index contributed by atoms with van der Waals surface area (Å²) >= 11 is 0. The molecule has 3 nitrogen and oxygen atoms in total. The Morgan fingerprint density at radius 1 is 1.08 bits per heavy atom. The van der Waals surface area contributed by atoms with Crippen LogP contribution in [0.3, 0.4) is 0 Å². The summed E-state index contributed by atoms with van der Waals surface area (Å²) in [6, 6.07) is 12.5. The Morgan fingerprint density at radius 2 is 1.92 bits per heavy atom. The van der Waals surface area contributed by atoms with Gasteiger partial charge in [-0.05, 0) is 73.4 Å². The topological polar surface area (TPSA) is 49.3 Å². The van der Waals surface area contributed by atoms with Crippen molar-refractivity contribution in [1.82, 2.24) is 0 Å². The summed E-state index contributed by atoms with van der Waals surface area (Å²) < 4.78 is 0. The van der Waals surface area contributed by atoms with Gasteiger partial charge in [0.15, 0.2) is 0 Å². The van der Waals surface area contributed by atoms with E-state index in [1.807, 2.05) is 13.0 Å². The van der Waals surface area contributed by atoms with Gasteiger partial charge >= 0.3 is 5.97 Å². The molecule has 1 heterocycles. The molecule has 1 fully saturated rings. The second kappa shape index (κ2) is 5.66. The minimum Gasteiger partial charge on any atom is -0.478 e. The number of carboxylic acids is 1. The van der Waals surface area contributed by atoms with E-state index in [2.05, 4.69) is 30.4 Å². The van der Waals surface area contributed by atoms with Crippen LogP contribution in [0.25, 0.3) is 0 Å². The number of hydrogen-bond acceptors (Lipinski definition) is 2. The van der Waals surface area contributed by atoms with Crippen molar-refractivity contribution in [1.29, 1.82) is 0 Å². The Kier molecular flexibility index (Phi) is 3.60. The van der Waals surface area contributed by atoms with Crippen LogP contribution in [0.2, 0.25) is 0 Å². The number of fused-ring (bicyclic) bond motifs is 3. The van der Waals surface area contributed by atoms with Gasteiger partial charge in [-0.3, -0.25) is 0 Å². The van der Waals surface area contributed by atoms with Crippen LogP contribution in [0.15, 0.2) is 36.4 Å². The smallest absolute Gasteiger partial charge is 0.335 e. The Hall–Kier alpha value is -2.29. The highest BCUT2D eigenvalue weighted by atomic mass is 16.4. The van der Waals surface area contributed by atoms with Crippen molar-refractivity contribution in [2.24, 2.45) is 5.92 Å². The summed E-state index contributed by atoms with van der Waals surface area (Å²) in [6.07, 6.45) is 3.76. The third-order valence-corrected chi connectivity index (χ3v) is 5.77. The van der Waals surface area contributed by atoms with E-state index < -0.39 is 5.97 Å². The lowest BCUT2D eigenvalue weighted by molar-refractivity contribution is 0.0696. The fourth-order valence-corrected chi connectivity index (χ4v) is 4.63. The fourth-order valence-electron chi connectivity index (χ4n) is 4.63. The molecule has 2 aromatic carbocycles. The Morgan fingerprint density at radius 3 is 2.67 bits per heavy atom. The van der Waals surface area contributed by atoms with Crippen molar-refractivity contribution in [2.45, 2.75) is 45.1 Å². The molecule has 0 unspecified atom stereocenters. The lowest BCUT2D eigenvalue weighted by Crippen LogP contribution is -2.29. The van der Waals surface area contributed by atoms with E-state index in [1.165, 1.54) is 41.6 Å². The lowest BCUT2D eigenvalue weighted by Gasteiger charge is -2.38. The molecular weight excluding hydrogens is 298 g/mol. The summed E-state index contributed by atoms with van der Waals surface area (Å²) in [4.78, 5) is 11.2. The maximum Gasteiger partial charge on any atom is 0.335 e. The van der Waals surface area contributed by atoms with Gasteiger partial charge in [-0.2, -0.15) is 0 Å². The number of rotatable bonds is 2. The first kappa shape index (κ1) is 15.3. The van der Waals surface area contributed by atoms with Crippen LogP contribution in [-0.4, -0.2) is 11.1 Å². The van der Waals surface area contributed by atoms with Crippen LogP contribution in [0.5, 0.6) is 0 Å². The highest BCUT2D eigenvalue weighted by Crippen LogP contribution is 2.53. The largest absolute Gasteiger partial charge is 0.478 e. The summed E-state index contributed by atoms with van der Waals surface area (Å²) in [6.45, 7) is 4.18. The second-order valence-corrected chi connectivity index (χ2v) is 7.29.